The maximum absolute atomic E-state index is 12.5. The van der Waals surface area contributed by atoms with E-state index in [-0.39, 0.29) is 42.4 Å². The maximum atomic E-state index is 12.5. The minimum atomic E-state index is -1.72. The van der Waals surface area contributed by atoms with Crippen LogP contribution in [0.4, 0.5) is 0 Å². The minimum absolute atomic E-state index is 0. The van der Waals surface area contributed by atoms with Crippen molar-refractivity contribution in [3.63, 3.8) is 0 Å². The number of imide groups is 1. The number of carboxylic acids is 1. The Morgan fingerprint density at radius 2 is 1.43 bits per heavy atom. The quantitative estimate of drug-likeness (QED) is 0.170. The average molecular weight is 401 g/mol. The van der Waals surface area contributed by atoms with Crippen LogP contribution in [0, 0.1) is 0 Å². The van der Waals surface area contributed by atoms with Gasteiger partial charge in [-0.3, -0.25) is 19.3 Å². The van der Waals surface area contributed by atoms with E-state index in [9.17, 15) is 24.3 Å². The number of hydrogen-bond donors (Lipinski definition) is 0. The molecule has 0 saturated carbocycles. The van der Waals surface area contributed by atoms with Crippen LogP contribution >= 0.6 is 0 Å². The molecule has 0 aliphatic carbocycles. The molecule has 0 spiro atoms. The van der Waals surface area contributed by atoms with Gasteiger partial charge in [0.05, 0.1) is 24.7 Å². The normalized spacial score (nSPS) is 11.6. The molecule has 28 heavy (non-hydrogen) atoms. The van der Waals surface area contributed by atoms with Crippen molar-refractivity contribution >= 4 is 23.8 Å². The van der Waals surface area contributed by atoms with E-state index in [1.807, 2.05) is 26.0 Å². The molecule has 0 aromatic heterocycles. The van der Waals surface area contributed by atoms with Gasteiger partial charge < -0.3 is 14.6 Å². The van der Waals surface area contributed by atoms with Crippen LogP contribution < -0.4 is 34.7 Å². The molecule has 2 amide bonds. The Bertz CT molecular complexity index is 555. The van der Waals surface area contributed by atoms with Crippen molar-refractivity contribution in [2.24, 2.45) is 0 Å². The average Bonchev–Trinajstić information content (AvgIpc) is 2.62. The minimum Gasteiger partial charge on any atom is -0.548 e. The first-order valence-corrected chi connectivity index (χ1v) is 9.05. The van der Waals surface area contributed by atoms with Crippen molar-refractivity contribution < 1.29 is 58.6 Å². The third-order valence-corrected chi connectivity index (χ3v) is 3.55. The summed E-state index contributed by atoms with van der Waals surface area (Å²) in [6.07, 6.45) is 9.70. The standard InChI is InChI=1S/C20H29NO6.Na/c1-4-7-9-11-13-17(22)21(18(23)14-12-10-8-5-2)16(20(25)26)15-19(24)27-6-3;/h6-10,16H,3-5,11-15H2,1-2H3,(H,25,26);/q;+1/p-1/b9-7+,10-8+;. The van der Waals surface area contributed by atoms with Gasteiger partial charge in [0.2, 0.25) is 11.8 Å². The fourth-order valence-corrected chi connectivity index (χ4v) is 2.29. The van der Waals surface area contributed by atoms with Crippen molar-refractivity contribution in [1.82, 2.24) is 4.90 Å². The number of allylic oxidation sites excluding steroid dienone is 4. The number of amides is 2. The smallest absolute Gasteiger partial charge is 0.548 e. The molecule has 0 bridgehead atoms. The first-order valence-electron chi connectivity index (χ1n) is 9.05. The third-order valence-electron chi connectivity index (χ3n) is 3.55. The van der Waals surface area contributed by atoms with Crippen molar-refractivity contribution in [3.8, 4) is 0 Å². The SMILES string of the molecule is C=COC(=O)CC(C(=O)[O-])N(C(=O)CC/C=C/CC)C(=O)CC/C=C/CC.[Na+]. The van der Waals surface area contributed by atoms with Crippen LogP contribution in [0.25, 0.3) is 0 Å². The second-order valence-corrected chi connectivity index (χ2v) is 5.69. The van der Waals surface area contributed by atoms with Gasteiger partial charge in [-0.15, -0.1) is 0 Å². The van der Waals surface area contributed by atoms with Crippen LogP contribution in [0.15, 0.2) is 37.1 Å². The summed E-state index contributed by atoms with van der Waals surface area (Å²) in [5.74, 6) is -3.94. The van der Waals surface area contributed by atoms with Crippen molar-refractivity contribution in [3.05, 3.63) is 37.1 Å². The molecule has 0 fully saturated rings. The van der Waals surface area contributed by atoms with E-state index in [2.05, 4.69) is 11.3 Å². The van der Waals surface area contributed by atoms with E-state index in [0.29, 0.717) is 17.7 Å². The van der Waals surface area contributed by atoms with Gasteiger partial charge in [0, 0.05) is 12.8 Å². The fraction of sp³-hybridized carbons (Fsp3) is 0.500. The molecular weight excluding hydrogens is 373 g/mol. The Hall–Kier alpha value is -1.70. The molecule has 0 aliphatic rings. The number of rotatable bonds is 13. The number of carbonyl (C=O) groups excluding carboxylic acids is 4. The number of carbonyl (C=O) groups is 4. The van der Waals surface area contributed by atoms with Crippen LogP contribution in [0.3, 0.4) is 0 Å². The summed E-state index contributed by atoms with van der Waals surface area (Å²) in [6, 6.07) is -1.72. The van der Waals surface area contributed by atoms with E-state index in [4.69, 9.17) is 0 Å². The molecule has 0 aromatic carbocycles. The maximum Gasteiger partial charge on any atom is 1.00 e. The van der Waals surface area contributed by atoms with Crippen LogP contribution in [-0.4, -0.2) is 34.7 Å². The zero-order chi connectivity index (χ0) is 20.7. The molecule has 0 aromatic rings. The van der Waals surface area contributed by atoms with Crippen molar-refractivity contribution in [2.75, 3.05) is 0 Å². The van der Waals surface area contributed by atoms with E-state index >= 15 is 0 Å². The number of carboxylic acid groups (broad SMARTS) is 1. The fourth-order valence-electron chi connectivity index (χ4n) is 2.29. The first-order chi connectivity index (χ1) is 12.9. The molecule has 7 nitrogen and oxygen atoms in total. The molecule has 1 atom stereocenters. The monoisotopic (exact) mass is 401 g/mol. The van der Waals surface area contributed by atoms with E-state index < -0.39 is 36.2 Å². The van der Waals surface area contributed by atoms with Gasteiger partial charge in [-0.05, 0) is 25.7 Å². The predicted octanol–water partition coefficient (Wildman–Crippen LogP) is -0.966. The van der Waals surface area contributed by atoms with Crippen LogP contribution in [0.5, 0.6) is 0 Å². The molecule has 8 heteroatoms. The molecule has 0 radical (unpaired) electrons. The topological polar surface area (TPSA) is 104 Å². The molecular formula is C20H28NNaO6. The number of hydrogen-bond acceptors (Lipinski definition) is 6. The van der Waals surface area contributed by atoms with Gasteiger partial charge in [0.15, 0.2) is 0 Å². The summed E-state index contributed by atoms with van der Waals surface area (Å²) >= 11 is 0. The molecule has 0 N–H and O–H groups in total. The number of esters is 1. The van der Waals surface area contributed by atoms with Gasteiger partial charge >= 0.3 is 35.5 Å². The van der Waals surface area contributed by atoms with E-state index in [0.717, 1.165) is 19.1 Å². The second kappa shape index (κ2) is 17.4. The Morgan fingerprint density at radius 3 is 1.79 bits per heavy atom. The van der Waals surface area contributed by atoms with Crippen molar-refractivity contribution in [1.29, 1.82) is 0 Å². The Morgan fingerprint density at radius 1 is 0.964 bits per heavy atom. The Kier molecular flexibility index (Phi) is 17.7. The van der Waals surface area contributed by atoms with Gasteiger partial charge in [-0.25, -0.2) is 0 Å². The van der Waals surface area contributed by atoms with Gasteiger partial charge in [0.1, 0.15) is 0 Å². The summed E-state index contributed by atoms with van der Waals surface area (Å²) in [5, 5.41) is 11.5. The molecule has 1 unspecified atom stereocenters. The van der Waals surface area contributed by atoms with E-state index in [1.54, 1.807) is 12.2 Å². The number of ether oxygens (including phenoxy) is 1. The number of nitrogens with zero attached hydrogens (tertiary/aromatic N) is 1. The molecule has 0 aliphatic heterocycles. The van der Waals surface area contributed by atoms with Crippen LogP contribution in [-0.2, 0) is 23.9 Å². The Labute approximate surface area is 188 Å². The van der Waals surface area contributed by atoms with Crippen LogP contribution in [0.1, 0.15) is 58.8 Å². The molecule has 0 saturated heterocycles. The van der Waals surface area contributed by atoms with Gasteiger partial charge in [-0.2, -0.15) is 0 Å². The zero-order valence-electron chi connectivity index (χ0n) is 17.0. The van der Waals surface area contributed by atoms with E-state index in [1.165, 1.54) is 0 Å². The second-order valence-electron chi connectivity index (χ2n) is 5.69. The largest absolute Gasteiger partial charge is 1.00 e. The molecule has 0 rings (SSSR count). The van der Waals surface area contributed by atoms with Crippen LogP contribution in [0.2, 0.25) is 0 Å². The summed E-state index contributed by atoms with van der Waals surface area (Å²) in [5.41, 5.74) is 0. The zero-order valence-corrected chi connectivity index (χ0v) is 19.0. The summed E-state index contributed by atoms with van der Waals surface area (Å²) in [6.45, 7) is 7.09. The number of aliphatic carboxylic acids is 1. The summed E-state index contributed by atoms with van der Waals surface area (Å²) < 4.78 is 4.52. The molecule has 150 valence electrons. The predicted molar refractivity (Wildman–Crippen MR) is 98.9 cm³/mol. The van der Waals surface area contributed by atoms with Gasteiger partial charge in [-0.1, -0.05) is 44.7 Å². The summed E-state index contributed by atoms with van der Waals surface area (Å²) in [4.78, 5) is 48.8. The van der Waals surface area contributed by atoms with Crippen molar-refractivity contribution in [2.45, 2.75) is 64.8 Å². The van der Waals surface area contributed by atoms with Gasteiger partial charge in [0.25, 0.3) is 0 Å². The summed E-state index contributed by atoms with van der Waals surface area (Å²) in [7, 11) is 0. The Balaban J connectivity index is 0. The third kappa shape index (κ3) is 11.9. The molecule has 0 heterocycles. The first kappa shape index (κ1) is 28.5.